The Morgan fingerprint density at radius 2 is 1.73 bits per heavy atom. The van der Waals surface area contributed by atoms with Gasteiger partial charge in [0.1, 0.15) is 12.4 Å². The number of benzene rings is 1. The van der Waals surface area contributed by atoms with Gasteiger partial charge in [-0.05, 0) is 25.0 Å². The molecule has 22 heavy (non-hydrogen) atoms. The summed E-state index contributed by atoms with van der Waals surface area (Å²) in [5, 5.41) is 2.38. The molecule has 0 saturated carbocycles. The van der Waals surface area contributed by atoms with E-state index in [4.69, 9.17) is 0 Å². The zero-order chi connectivity index (χ0) is 15.7. The lowest BCUT2D eigenvalue weighted by atomic mass is 9.85. The Morgan fingerprint density at radius 1 is 1.14 bits per heavy atom. The highest BCUT2D eigenvalue weighted by molar-refractivity contribution is 6.08. The van der Waals surface area contributed by atoms with Gasteiger partial charge in [0, 0.05) is 0 Å². The Hall–Kier alpha value is -2.50. The maximum absolute atomic E-state index is 13.5. The van der Waals surface area contributed by atoms with E-state index in [0.29, 0.717) is 12.8 Å². The highest BCUT2D eigenvalue weighted by atomic mass is 19.1. The lowest BCUT2D eigenvalue weighted by Gasteiger charge is -2.14. The molecule has 114 valence electrons. The summed E-state index contributed by atoms with van der Waals surface area (Å²) in [6, 6.07) is 5.74. The van der Waals surface area contributed by atoms with Crippen molar-refractivity contribution in [2.75, 3.05) is 11.9 Å². The standard InChI is InChI=1S/C16H15FN2O3/c17-12-7-3-4-8-13(12)18-14(20)9-19-15(21)10-5-1-2-6-11(10)16(19)22/h1-4,7-8,10-11H,5-6,9H2,(H,18,20)/t10-,11+. The molecule has 2 atom stereocenters. The van der Waals surface area contributed by atoms with E-state index in [1.165, 1.54) is 18.2 Å². The lowest BCUT2D eigenvalue weighted by Crippen LogP contribution is -2.38. The van der Waals surface area contributed by atoms with Crippen LogP contribution >= 0.6 is 0 Å². The maximum Gasteiger partial charge on any atom is 0.244 e. The van der Waals surface area contributed by atoms with Gasteiger partial charge in [-0.3, -0.25) is 19.3 Å². The number of hydrogen-bond donors (Lipinski definition) is 1. The summed E-state index contributed by atoms with van der Waals surface area (Å²) in [6.45, 7) is -0.376. The molecule has 1 aliphatic carbocycles. The van der Waals surface area contributed by atoms with Crippen LogP contribution in [0.25, 0.3) is 0 Å². The first-order valence-electron chi connectivity index (χ1n) is 7.12. The van der Waals surface area contributed by atoms with Crippen molar-refractivity contribution in [2.24, 2.45) is 11.8 Å². The molecule has 1 aliphatic heterocycles. The fourth-order valence-electron chi connectivity index (χ4n) is 2.92. The number of allylic oxidation sites excluding steroid dienone is 2. The van der Waals surface area contributed by atoms with E-state index in [1.807, 2.05) is 12.2 Å². The number of halogens is 1. The third kappa shape index (κ3) is 2.52. The maximum atomic E-state index is 13.5. The Kier molecular flexibility index (Phi) is 3.75. The summed E-state index contributed by atoms with van der Waals surface area (Å²) in [5.41, 5.74) is 0.0330. The van der Waals surface area contributed by atoms with Crippen LogP contribution in [0.1, 0.15) is 12.8 Å². The van der Waals surface area contributed by atoms with E-state index in [0.717, 1.165) is 4.90 Å². The summed E-state index contributed by atoms with van der Waals surface area (Å²) < 4.78 is 13.5. The molecule has 6 heteroatoms. The molecule has 3 rings (SSSR count). The summed E-state index contributed by atoms with van der Waals surface area (Å²) in [4.78, 5) is 37.4. The van der Waals surface area contributed by atoms with Crippen LogP contribution in [-0.4, -0.2) is 29.2 Å². The third-order valence-electron chi connectivity index (χ3n) is 4.05. The van der Waals surface area contributed by atoms with Gasteiger partial charge in [-0.25, -0.2) is 4.39 Å². The quantitative estimate of drug-likeness (QED) is 0.683. The van der Waals surface area contributed by atoms with Crippen molar-refractivity contribution in [3.63, 3.8) is 0 Å². The van der Waals surface area contributed by atoms with Crippen molar-refractivity contribution in [2.45, 2.75) is 12.8 Å². The van der Waals surface area contributed by atoms with Crippen LogP contribution in [-0.2, 0) is 14.4 Å². The molecule has 3 amide bonds. The number of fused-ring (bicyclic) bond motifs is 1. The second-order valence-electron chi connectivity index (χ2n) is 5.45. The van der Waals surface area contributed by atoms with E-state index in [1.54, 1.807) is 6.07 Å². The molecule has 1 saturated heterocycles. The fourth-order valence-corrected chi connectivity index (χ4v) is 2.92. The molecule has 1 fully saturated rings. The zero-order valence-electron chi connectivity index (χ0n) is 11.8. The number of carbonyl (C=O) groups is 3. The first kappa shape index (κ1) is 14.4. The van der Waals surface area contributed by atoms with Gasteiger partial charge in [-0.2, -0.15) is 0 Å². The highest BCUT2D eigenvalue weighted by Gasteiger charge is 2.47. The van der Waals surface area contributed by atoms with E-state index < -0.39 is 11.7 Å². The number of anilines is 1. The van der Waals surface area contributed by atoms with Gasteiger partial charge in [0.15, 0.2) is 0 Å². The Morgan fingerprint density at radius 3 is 2.32 bits per heavy atom. The fraction of sp³-hybridized carbons (Fsp3) is 0.312. The minimum absolute atomic E-state index is 0.0330. The van der Waals surface area contributed by atoms with E-state index in [2.05, 4.69) is 5.32 Å². The van der Waals surface area contributed by atoms with Crippen LogP contribution in [0.2, 0.25) is 0 Å². The molecule has 1 aromatic carbocycles. The van der Waals surface area contributed by atoms with E-state index in [9.17, 15) is 18.8 Å². The van der Waals surface area contributed by atoms with Crippen LogP contribution in [0.5, 0.6) is 0 Å². The second kappa shape index (κ2) is 5.71. The van der Waals surface area contributed by atoms with Crippen LogP contribution < -0.4 is 5.32 Å². The number of hydrogen-bond acceptors (Lipinski definition) is 3. The second-order valence-corrected chi connectivity index (χ2v) is 5.45. The summed E-state index contributed by atoms with van der Waals surface area (Å²) in [5.74, 6) is -2.50. The average molecular weight is 302 g/mol. The SMILES string of the molecule is O=C(CN1C(=O)[C@H]2CC=CC[C@H]2C1=O)Nc1ccccc1F. The first-order valence-corrected chi connectivity index (χ1v) is 7.12. The largest absolute Gasteiger partial charge is 0.322 e. The van der Waals surface area contributed by atoms with Crippen LogP contribution in [0.15, 0.2) is 36.4 Å². The number of nitrogens with one attached hydrogen (secondary N) is 1. The van der Waals surface area contributed by atoms with Gasteiger partial charge in [0.25, 0.3) is 0 Å². The molecule has 0 bridgehead atoms. The predicted molar refractivity (Wildman–Crippen MR) is 77.1 cm³/mol. The van der Waals surface area contributed by atoms with Crippen molar-refractivity contribution in [1.82, 2.24) is 4.90 Å². The van der Waals surface area contributed by atoms with Crippen molar-refractivity contribution in [3.8, 4) is 0 Å². The third-order valence-corrected chi connectivity index (χ3v) is 4.05. The lowest BCUT2D eigenvalue weighted by molar-refractivity contribution is -0.142. The minimum Gasteiger partial charge on any atom is -0.322 e. The summed E-state index contributed by atoms with van der Waals surface area (Å²) >= 11 is 0. The van der Waals surface area contributed by atoms with Crippen LogP contribution in [0, 0.1) is 17.7 Å². The van der Waals surface area contributed by atoms with Crippen LogP contribution in [0.4, 0.5) is 10.1 Å². The smallest absolute Gasteiger partial charge is 0.244 e. The molecule has 0 radical (unpaired) electrons. The van der Waals surface area contributed by atoms with Crippen molar-refractivity contribution in [1.29, 1.82) is 0 Å². The normalized spacial score (nSPS) is 23.6. The Bertz CT molecular complexity index is 645. The van der Waals surface area contributed by atoms with Gasteiger partial charge in [0.05, 0.1) is 17.5 Å². The Labute approximate surface area is 126 Å². The number of likely N-dealkylation sites (tertiary alicyclic amines) is 1. The average Bonchev–Trinajstić information content (AvgIpc) is 2.75. The number of nitrogens with zero attached hydrogens (tertiary/aromatic N) is 1. The van der Waals surface area contributed by atoms with Crippen molar-refractivity contribution in [3.05, 3.63) is 42.2 Å². The molecule has 0 spiro atoms. The van der Waals surface area contributed by atoms with Gasteiger partial charge in [-0.1, -0.05) is 24.3 Å². The number of imide groups is 1. The molecular weight excluding hydrogens is 287 g/mol. The van der Waals surface area contributed by atoms with Crippen molar-refractivity contribution < 1.29 is 18.8 Å². The molecule has 1 aromatic rings. The molecule has 1 N–H and O–H groups in total. The summed E-state index contributed by atoms with van der Waals surface area (Å²) in [6.07, 6.45) is 4.83. The summed E-state index contributed by atoms with van der Waals surface area (Å²) in [7, 11) is 0. The molecule has 0 aromatic heterocycles. The first-order chi connectivity index (χ1) is 10.6. The van der Waals surface area contributed by atoms with Gasteiger partial charge < -0.3 is 5.32 Å². The van der Waals surface area contributed by atoms with E-state index in [-0.39, 0.29) is 35.9 Å². The topological polar surface area (TPSA) is 66.5 Å². The van der Waals surface area contributed by atoms with Gasteiger partial charge in [-0.15, -0.1) is 0 Å². The van der Waals surface area contributed by atoms with Gasteiger partial charge in [0.2, 0.25) is 17.7 Å². The highest BCUT2D eigenvalue weighted by Crippen LogP contribution is 2.34. The zero-order valence-corrected chi connectivity index (χ0v) is 11.8. The molecule has 0 unspecified atom stereocenters. The molecular formula is C16H15FN2O3. The molecule has 2 aliphatic rings. The number of para-hydroxylation sites is 1. The number of rotatable bonds is 3. The van der Waals surface area contributed by atoms with Gasteiger partial charge >= 0.3 is 0 Å². The monoisotopic (exact) mass is 302 g/mol. The number of carbonyl (C=O) groups excluding carboxylic acids is 3. The number of amides is 3. The van der Waals surface area contributed by atoms with Crippen LogP contribution in [0.3, 0.4) is 0 Å². The minimum atomic E-state index is -0.585. The Balaban J connectivity index is 1.68. The molecule has 1 heterocycles. The predicted octanol–water partition coefficient (Wildman–Crippen LogP) is 1.72. The van der Waals surface area contributed by atoms with E-state index >= 15 is 0 Å². The molecule has 5 nitrogen and oxygen atoms in total. The van der Waals surface area contributed by atoms with Crippen molar-refractivity contribution >= 4 is 23.4 Å².